The normalized spacial score (nSPS) is 14.6. The molecular formula is C23H28N4O. The number of amides is 1. The maximum absolute atomic E-state index is 12.6. The fourth-order valence-electron chi connectivity index (χ4n) is 4.31. The van der Waals surface area contributed by atoms with Gasteiger partial charge in [0.1, 0.15) is 0 Å². The SMILES string of the molecule is Cc1nc2c(-c3ccccc3)c(C)nn2c(C)c1CCC(=O)N1CCCCC1. The van der Waals surface area contributed by atoms with Crippen LogP contribution < -0.4 is 0 Å². The largest absolute Gasteiger partial charge is 0.343 e. The van der Waals surface area contributed by atoms with Gasteiger partial charge in [0.2, 0.25) is 5.91 Å². The number of nitrogens with zero attached hydrogens (tertiary/aromatic N) is 4. The van der Waals surface area contributed by atoms with Crippen molar-refractivity contribution < 1.29 is 4.79 Å². The van der Waals surface area contributed by atoms with Gasteiger partial charge in [-0.1, -0.05) is 30.3 Å². The van der Waals surface area contributed by atoms with E-state index in [1.54, 1.807) is 0 Å². The lowest BCUT2D eigenvalue weighted by molar-refractivity contribution is -0.132. The molecule has 0 unspecified atom stereocenters. The Balaban J connectivity index is 1.64. The number of carbonyl (C=O) groups is 1. The van der Waals surface area contributed by atoms with E-state index in [2.05, 4.69) is 19.1 Å². The van der Waals surface area contributed by atoms with Crippen LogP contribution in [-0.4, -0.2) is 38.5 Å². The first-order valence-electron chi connectivity index (χ1n) is 10.2. The first-order chi connectivity index (χ1) is 13.6. The number of rotatable bonds is 4. The van der Waals surface area contributed by atoms with Crippen molar-refractivity contribution >= 4 is 11.6 Å². The van der Waals surface area contributed by atoms with Crippen molar-refractivity contribution in [1.29, 1.82) is 0 Å². The summed E-state index contributed by atoms with van der Waals surface area (Å²) < 4.78 is 1.95. The van der Waals surface area contributed by atoms with Gasteiger partial charge in [0.15, 0.2) is 5.65 Å². The van der Waals surface area contributed by atoms with E-state index in [0.29, 0.717) is 6.42 Å². The van der Waals surface area contributed by atoms with Gasteiger partial charge in [-0.2, -0.15) is 5.10 Å². The molecule has 3 aromatic rings. The summed E-state index contributed by atoms with van der Waals surface area (Å²) in [5.74, 6) is 0.264. The Morgan fingerprint density at radius 2 is 1.71 bits per heavy atom. The highest BCUT2D eigenvalue weighted by Crippen LogP contribution is 2.29. The summed E-state index contributed by atoms with van der Waals surface area (Å²) in [6, 6.07) is 10.3. The van der Waals surface area contributed by atoms with Crippen LogP contribution in [0.3, 0.4) is 0 Å². The fourth-order valence-corrected chi connectivity index (χ4v) is 4.31. The number of aryl methyl sites for hydroxylation is 3. The van der Waals surface area contributed by atoms with Gasteiger partial charge in [0.05, 0.1) is 5.69 Å². The molecule has 28 heavy (non-hydrogen) atoms. The first kappa shape index (κ1) is 18.7. The predicted molar refractivity (Wildman–Crippen MR) is 111 cm³/mol. The number of likely N-dealkylation sites (tertiary alicyclic amines) is 1. The molecule has 1 aliphatic heterocycles. The molecular weight excluding hydrogens is 348 g/mol. The Labute approximate surface area is 166 Å². The molecule has 0 aliphatic carbocycles. The van der Waals surface area contributed by atoms with E-state index < -0.39 is 0 Å². The van der Waals surface area contributed by atoms with Gasteiger partial charge < -0.3 is 4.90 Å². The van der Waals surface area contributed by atoms with Crippen molar-refractivity contribution in [2.24, 2.45) is 0 Å². The highest BCUT2D eigenvalue weighted by molar-refractivity contribution is 5.80. The molecule has 1 amide bonds. The zero-order chi connectivity index (χ0) is 19.7. The third-order valence-corrected chi connectivity index (χ3v) is 5.86. The average Bonchev–Trinajstić information content (AvgIpc) is 3.05. The van der Waals surface area contributed by atoms with Crippen LogP contribution in [0.15, 0.2) is 30.3 Å². The zero-order valence-electron chi connectivity index (χ0n) is 17.0. The molecule has 1 fully saturated rings. The lowest BCUT2D eigenvalue weighted by atomic mass is 10.0. The minimum Gasteiger partial charge on any atom is -0.343 e. The minimum absolute atomic E-state index is 0.264. The second-order valence-electron chi connectivity index (χ2n) is 7.76. The maximum Gasteiger partial charge on any atom is 0.222 e. The highest BCUT2D eigenvalue weighted by Gasteiger charge is 2.20. The maximum atomic E-state index is 12.6. The number of fused-ring (bicyclic) bond motifs is 1. The van der Waals surface area contributed by atoms with Crippen molar-refractivity contribution in [3.8, 4) is 11.1 Å². The molecule has 0 bridgehead atoms. The summed E-state index contributed by atoms with van der Waals surface area (Å²) in [5, 5.41) is 4.77. The number of piperidine rings is 1. The van der Waals surface area contributed by atoms with Gasteiger partial charge in [-0.25, -0.2) is 9.50 Å². The van der Waals surface area contributed by atoms with Crippen LogP contribution in [0.25, 0.3) is 16.8 Å². The zero-order valence-corrected chi connectivity index (χ0v) is 17.0. The van der Waals surface area contributed by atoms with E-state index >= 15 is 0 Å². The first-order valence-corrected chi connectivity index (χ1v) is 10.2. The van der Waals surface area contributed by atoms with Crippen molar-refractivity contribution in [3.05, 3.63) is 53.0 Å². The van der Waals surface area contributed by atoms with Gasteiger partial charge in [0, 0.05) is 36.5 Å². The summed E-state index contributed by atoms with van der Waals surface area (Å²) in [4.78, 5) is 19.5. The molecule has 1 aromatic carbocycles. The smallest absolute Gasteiger partial charge is 0.222 e. The summed E-state index contributed by atoms with van der Waals surface area (Å²) in [6.07, 6.45) is 4.76. The molecule has 146 valence electrons. The Kier molecular flexibility index (Phi) is 5.16. The molecule has 0 spiro atoms. The van der Waals surface area contributed by atoms with Gasteiger partial charge in [-0.05, 0) is 57.6 Å². The van der Waals surface area contributed by atoms with Crippen LogP contribution in [0.5, 0.6) is 0 Å². The number of benzene rings is 1. The van der Waals surface area contributed by atoms with Crippen molar-refractivity contribution in [1.82, 2.24) is 19.5 Å². The highest BCUT2D eigenvalue weighted by atomic mass is 16.2. The van der Waals surface area contributed by atoms with Gasteiger partial charge in [-0.15, -0.1) is 0 Å². The van der Waals surface area contributed by atoms with E-state index in [4.69, 9.17) is 10.1 Å². The van der Waals surface area contributed by atoms with Crippen LogP contribution in [-0.2, 0) is 11.2 Å². The molecule has 0 atom stereocenters. The van der Waals surface area contributed by atoms with Crippen LogP contribution in [0, 0.1) is 20.8 Å². The predicted octanol–water partition coefficient (Wildman–Crippen LogP) is 4.27. The van der Waals surface area contributed by atoms with Crippen LogP contribution in [0.2, 0.25) is 0 Å². The minimum atomic E-state index is 0.264. The molecule has 4 rings (SSSR count). The van der Waals surface area contributed by atoms with E-state index in [9.17, 15) is 4.79 Å². The van der Waals surface area contributed by atoms with Crippen LogP contribution in [0.4, 0.5) is 0 Å². The quantitative estimate of drug-likeness (QED) is 0.683. The third-order valence-electron chi connectivity index (χ3n) is 5.86. The van der Waals surface area contributed by atoms with Crippen molar-refractivity contribution in [2.45, 2.75) is 52.9 Å². The molecule has 1 aliphatic rings. The third kappa shape index (κ3) is 3.41. The number of carbonyl (C=O) groups excluding carboxylic acids is 1. The number of aromatic nitrogens is 3. The summed E-state index contributed by atoms with van der Waals surface area (Å²) in [7, 11) is 0. The summed E-state index contributed by atoms with van der Waals surface area (Å²) >= 11 is 0. The second kappa shape index (κ2) is 7.74. The molecule has 1 saturated heterocycles. The van der Waals surface area contributed by atoms with Gasteiger partial charge in [0.25, 0.3) is 0 Å². The Bertz CT molecular complexity index is 1000. The summed E-state index contributed by atoms with van der Waals surface area (Å²) in [5.41, 5.74) is 7.30. The Morgan fingerprint density at radius 1 is 1.00 bits per heavy atom. The van der Waals surface area contributed by atoms with Crippen LogP contribution >= 0.6 is 0 Å². The topological polar surface area (TPSA) is 50.5 Å². The molecule has 5 heteroatoms. The average molecular weight is 377 g/mol. The molecule has 0 saturated carbocycles. The van der Waals surface area contributed by atoms with Gasteiger partial charge in [-0.3, -0.25) is 4.79 Å². The molecule has 5 nitrogen and oxygen atoms in total. The lowest BCUT2D eigenvalue weighted by Gasteiger charge is -2.26. The number of hydrogen-bond acceptors (Lipinski definition) is 3. The Morgan fingerprint density at radius 3 is 2.43 bits per heavy atom. The monoisotopic (exact) mass is 376 g/mol. The van der Waals surface area contributed by atoms with Crippen molar-refractivity contribution in [3.63, 3.8) is 0 Å². The summed E-state index contributed by atoms with van der Waals surface area (Å²) in [6.45, 7) is 7.99. The molecule has 0 radical (unpaired) electrons. The number of hydrogen-bond donors (Lipinski definition) is 0. The van der Waals surface area contributed by atoms with Gasteiger partial charge >= 0.3 is 0 Å². The van der Waals surface area contributed by atoms with Crippen LogP contribution in [0.1, 0.15) is 48.3 Å². The van der Waals surface area contributed by atoms with E-state index in [0.717, 1.165) is 71.8 Å². The van der Waals surface area contributed by atoms with E-state index in [1.807, 2.05) is 41.5 Å². The lowest BCUT2D eigenvalue weighted by Crippen LogP contribution is -2.35. The standard InChI is InChI=1S/C23H28N4O/c1-16-20(12-13-21(28)26-14-8-5-9-15-26)18(3)27-23(24-16)22(17(2)25-27)19-10-6-4-7-11-19/h4,6-7,10-11H,5,8-9,12-15H2,1-3H3. The fraction of sp³-hybridized carbons (Fsp3) is 0.435. The second-order valence-corrected chi connectivity index (χ2v) is 7.76. The van der Waals surface area contributed by atoms with E-state index in [-0.39, 0.29) is 5.91 Å². The van der Waals surface area contributed by atoms with E-state index in [1.165, 1.54) is 6.42 Å². The molecule has 0 N–H and O–H groups in total. The molecule has 2 aromatic heterocycles. The van der Waals surface area contributed by atoms with Crippen molar-refractivity contribution in [2.75, 3.05) is 13.1 Å². The molecule has 3 heterocycles. The Hall–Kier alpha value is -2.69.